The van der Waals surface area contributed by atoms with E-state index in [9.17, 15) is 18.8 Å². The van der Waals surface area contributed by atoms with E-state index in [1.807, 2.05) is 30.3 Å². The summed E-state index contributed by atoms with van der Waals surface area (Å²) in [5.74, 6) is 0.362. The van der Waals surface area contributed by atoms with Crippen LogP contribution in [0.4, 0.5) is 9.18 Å². The lowest BCUT2D eigenvalue weighted by Crippen LogP contribution is -2.52. The molecule has 1 atom stereocenters. The van der Waals surface area contributed by atoms with E-state index in [2.05, 4.69) is 4.90 Å². The van der Waals surface area contributed by atoms with Gasteiger partial charge in [0.05, 0.1) is 6.54 Å². The summed E-state index contributed by atoms with van der Waals surface area (Å²) < 4.78 is 25.0. The van der Waals surface area contributed by atoms with Gasteiger partial charge in [0.1, 0.15) is 17.7 Å². The largest absolute Gasteiger partial charge is 0.489 e. The molecule has 1 aliphatic carbocycles. The molecule has 2 N–H and O–H groups in total. The van der Waals surface area contributed by atoms with Crippen molar-refractivity contribution in [2.45, 2.75) is 63.1 Å². The number of primary amides is 1. The van der Waals surface area contributed by atoms with Gasteiger partial charge in [-0.3, -0.25) is 9.59 Å². The molecule has 41 heavy (non-hydrogen) atoms. The average molecular weight is 566 g/mol. The number of para-hydroxylation sites is 1. The number of carbonyl (C=O) groups is 3. The Balaban J connectivity index is 1.04. The highest BCUT2D eigenvalue weighted by atomic mass is 19.1. The Morgan fingerprint density at radius 1 is 0.902 bits per heavy atom. The Labute approximate surface area is 241 Å². The minimum atomic E-state index is -1.26. The first kappa shape index (κ1) is 29.0. The summed E-state index contributed by atoms with van der Waals surface area (Å²) in [6, 6.07) is 15.3. The summed E-state index contributed by atoms with van der Waals surface area (Å²) in [6.45, 7) is 3.58. The summed E-state index contributed by atoms with van der Waals surface area (Å²) in [4.78, 5) is 42.3. The Hall–Kier alpha value is -3.46. The van der Waals surface area contributed by atoms with Crippen molar-refractivity contribution >= 4 is 17.8 Å². The SMILES string of the molecule is NC(=O)C1(OC(=O)N2CCC(Oc3ccccc3)C2)CCC(CCN2CCC(C(=O)c3ccc(F)cc3)CC2)CC1. The molecule has 3 aliphatic rings. The van der Waals surface area contributed by atoms with Gasteiger partial charge in [-0.1, -0.05) is 18.2 Å². The molecular weight excluding hydrogens is 525 g/mol. The van der Waals surface area contributed by atoms with Crippen molar-refractivity contribution < 1.29 is 28.2 Å². The van der Waals surface area contributed by atoms with Gasteiger partial charge < -0.3 is 25.0 Å². The van der Waals surface area contributed by atoms with E-state index in [0.717, 1.165) is 57.5 Å². The molecule has 8 nitrogen and oxygen atoms in total. The fourth-order valence-corrected chi connectivity index (χ4v) is 6.38. The number of nitrogens with two attached hydrogens (primary N) is 1. The molecule has 220 valence electrons. The van der Waals surface area contributed by atoms with Crippen molar-refractivity contribution in [3.05, 3.63) is 66.0 Å². The Morgan fingerprint density at radius 2 is 1.59 bits per heavy atom. The summed E-state index contributed by atoms with van der Waals surface area (Å²) >= 11 is 0. The second-order valence-electron chi connectivity index (χ2n) is 11.7. The van der Waals surface area contributed by atoms with E-state index in [1.54, 1.807) is 17.0 Å². The Morgan fingerprint density at radius 3 is 2.24 bits per heavy atom. The van der Waals surface area contributed by atoms with Gasteiger partial charge >= 0.3 is 6.09 Å². The zero-order valence-electron chi connectivity index (χ0n) is 23.5. The normalized spacial score (nSPS) is 25.5. The Kier molecular flexibility index (Phi) is 9.22. The zero-order valence-corrected chi connectivity index (χ0v) is 23.5. The summed E-state index contributed by atoms with van der Waals surface area (Å²) in [6.07, 6.45) is 5.10. The molecular formula is C32H40FN3O5. The molecule has 0 spiro atoms. The standard InChI is InChI=1S/C32H40FN3O5/c33-26-8-6-24(7-9-26)29(37)25-13-19-35(20-14-25)18-12-23-10-16-32(17-11-23,30(34)38)41-31(39)36-21-15-28(22-36)40-27-4-2-1-3-5-27/h1-9,23,25,28H,10-22H2,(H2,34,38). The Bertz CT molecular complexity index is 1190. The van der Waals surface area contributed by atoms with Crippen molar-refractivity contribution in [2.75, 3.05) is 32.7 Å². The average Bonchev–Trinajstić information content (AvgIpc) is 3.46. The van der Waals surface area contributed by atoms with E-state index in [0.29, 0.717) is 43.8 Å². The lowest BCUT2D eigenvalue weighted by molar-refractivity contribution is -0.142. The number of Topliss-reactive ketones (excluding diaryl/α,β-unsaturated/α-hetero) is 1. The van der Waals surface area contributed by atoms with E-state index in [-0.39, 0.29) is 23.6 Å². The number of hydrogen-bond donors (Lipinski definition) is 1. The third-order valence-electron chi connectivity index (χ3n) is 9.03. The van der Waals surface area contributed by atoms with Crippen molar-refractivity contribution in [3.63, 3.8) is 0 Å². The molecule has 2 amide bonds. The first-order valence-electron chi connectivity index (χ1n) is 14.8. The highest BCUT2D eigenvalue weighted by molar-refractivity contribution is 5.97. The predicted molar refractivity (Wildman–Crippen MR) is 152 cm³/mol. The number of likely N-dealkylation sites (tertiary alicyclic amines) is 2. The number of rotatable bonds is 9. The van der Waals surface area contributed by atoms with Gasteiger partial charge in [-0.2, -0.15) is 0 Å². The number of halogens is 1. The maximum Gasteiger partial charge on any atom is 0.410 e. The smallest absolute Gasteiger partial charge is 0.410 e. The van der Waals surface area contributed by atoms with Crippen LogP contribution >= 0.6 is 0 Å². The number of ketones is 1. The van der Waals surface area contributed by atoms with Gasteiger partial charge in [-0.15, -0.1) is 0 Å². The van der Waals surface area contributed by atoms with E-state index in [1.165, 1.54) is 12.1 Å². The van der Waals surface area contributed by atoms with Gasteiger partial charge in [0, 0.05) is 24.4 Å². The van der Waals surface area contributed by atoms with Crippen LogP contribution in [0.1, 0.15) is 61.7 Å². The van der Waals surface area contributed by atoms with Crippen LogP contribution in [0, 0.1) is 17.7 Å². The summed E-state index contributed by atoms with van der Waals surface area (Å²) in [5, 5.41) is 0. The molecule has 0 radical (unpaired) electrons. The fourth-order valence-electron chi connectivity index (χ4n) is 6.38. The van der Waals surface area contributed by atoms with E-state index >= 15 is 0 Å². The second-order valence-corrected chi connectivity index (χ2v) is 11.7. The van der Waals surface area contributed by atoms with Crippen LogP contribution in [0.5, 0.6) is 5.75 Å². The number of benzene rings is 2. The van der Waals surface area contributed by atoms with Gasteiger partial charge in [0.25, 0.3) is 5.91 Å². The first-order chi connectivity index (χ1) is 19.8. The molecule has 0 aromatic heterocycles. The van der Waals surface area contributed by atoms with E-state index < -0.39 is 17.6 Å². The van der Waals surface area contributed by atoms with Crippen LogP contribution in [-0.4, -0.2) is 72.0 Å². The van der Waals surface area contributed by atoms with Gasteiger partial charge in [-0.05, 0) is 107 Å². The minimum absolute atomic E-state index is 0.0203. The van der Waals surface area contributed by atoms with Crippen LogP contribution in [-0.2, 0) is 9.53 Å². The van der Waals surface area contributed by atoms with Gasteiger partial charge in [0.2, 0.25) is 0 Å². The molecule has 1 saturated carbocycles. The van der Waals surface area contributed by atoms with Crippen LogP contribution in [0.15, 0.2) is 54.6 Å². The van der Waals surface area contributed by atoms with Crippen molar-refractivity contribution in [1.29, 1.82) is 0 Å². The fraction of sp³-hybridized carbons (Fsp3) is 0.531. The minimum Gasteiger partial charge on any atom is -0.489 e. The lowest BCUT2D eigenvalue weighted by atomic mass is 9.77. The molecule has 3 fully saturated rings. The number of piperidine rings is 1. The number of amides is 2. The van der Waals surface area contributed by atoms with Crippen LogP contribution in [0.3, 0.4) is 0 Å². The summed E-state index contributed by atoms with van der Waals surface area (Å²) in [7, 11) is 0. The third kappa shape index (κ3) is 7.25. The number of hydrogen-bond acceptors (Lipinski definition) is 6. The molecule has 9 heteroatoms. The van der Waals surface area contributed by atoms with E-state index in [4.69, 9.17) is 15.2 Å². The molecule has 5 rings (SSSR count). The number of ether oxygens (including phenoxy) is 2. The quantitative estimate of drug-likeness (QED) is 0.438. The maximum atomic E-state index is 13.2. The van der Waals surface area contributed by atoms with Gasteiger partial charge in [-0.25, -0.2) is 9.18 Å². The third-order valence-corrected chi connectivity index (χ3v) is 9.03. The van der Waals surface area contributed by atoms with Crippen LogP contribution in [0.25, 0.3) is 0 Å². The highest BCUT2D eigenvalue weighted by Gasteiger charge is 2.45. The topological polar surface area (TPSA) is 102 Å². The lowest BCUT2D eigenvalue weighted by Gasteiger charge is -2.39. The van der Waals surface area contributed by atoms with Crippen LogP contribution in [0.2, 0.25) is 0 Å². The van der Waals surface area contributed by atoms with Crippen molar-refractivity contribution in [2.24, 2.45) is 17.6 Å². The van der Waals surface area contributed by atoms with Crippen molar-refractivity contribution in [3.8, 4) is 5.75 Å². The highest BCUT2D eigenvalue weighted by Crippen LogP contribution is 2.37. The molecule has 2 aromatic carbocycles. The maximum absolute atomic E-state index is 13.2. The van der Waals surface area contributed by atoms with Gasteiger partial charge in [0.15, 0.2) is 11.4 Å². The molecule has 1 unspecified atom stereocenters. The second kappa shape index (κ2) is 13.0. The molecule has 2 heterocycles. The van der Waals surface area contributed by atoms with Crippen molar-refractivity contribution in [1.82, 2.24) is 9.80 Å². The molecule has 2 aliphatic heterocycles. The monoisotopic (exact) mass is 565 g/mol. The zero-order chi connectivity index (χ0) is 28.8. The molecule has 2 aromatic rings. The first-order valence-corrected chi connectivity index (χ1v) is 14.8. The number of carbonyl (C=O) groups excluding carboxylic acids is 3. The van der Waals surface area contributed by atoms with Crippen LogP contribution < -0.4 is 10.5 Å². The summed E-state index contributed by atoms with van der Waals surface area (Å²) in [5.41, 5.74) is 5.11. The molecule has 2 saturated heterocycles. The predicted octanol–water partition coefficient (Wildman–Crippen LogP) is 4.81. The number of nitrogens with zero attached hydrogens (tertiary/aromatic N) is 2. The molecule has 0 bridgehead atoms.